The standard InChI is InChI=1S/C19H32N2/c1-5-7-17-12-13-21(14-17)16(4)19(20-6-2)18-10-8-15(3)9-11-18/h8-11,16-17,19-20H,5-7,12-14H2,1-4H3. The quantitative estimate of drug-likeness (QED) is 0.810. The fourth-order valence-electron chi connectivity index (χ4n) is 3.65. The zero-order valence-electron chi connectivity index (χ0n) is 14.2. The van der Waals surface area contributed by atoms with Crippen LogP contribution in [0.5, 0.6) is 0 Å². The molecular weight excluding hydrogens is 256 g/mol. The molecule has 1 aromatic rings. The van der Waals surface area contributed by atoms with Crippen LogP contribution < -0.4 is 5.32 Å². The van der Waals surface area contributed by atoms with Crippen LogP contribution in [0.4, 0.5) is 0 Å². The van der Waals surface area contributed by atoms with E-state index < -0.39 is 0 Å². The number of likely N-dealkylation sites (N-methyl/N-ethyl adjacent to an activating group) is 1. The van der Waals surface area contributed by atoms with E-state index in [2.05, 4.69) is 62.2 Å². The van der Waals surface area contributed by atoms with Crippen LogP contribution in [0.15, 0.2) is 24.3 Å². The Balaban J connectivity index is 2.05. The molecule has 1 aromatic carbocycles. The highest BCUT2D eigenvalue weighted by Crippen LogP contribution is 2.28. The Kier molecular flexibility index (Phi) is 6.25. The van der Waals surface area contributed by atoms with E-state index in [4.69, 9.17) is 0 Å². The second-order valence-corrected chi connectivity index (χ2v) is 6.62. The Morgan fingerprint density at radius 1 is 1.24 bits per heavy atom. The van der Waals surface area contributed by atoms with Gasteiger partial charge in [0, 0.05) is 18.6 Å². The highest BCUT2D eigenvalue weighted by atomic mass is 15.2. The zero-order chi connectivity index (χ0) is 15.2. The summed E-state index contributed by atoms with van der Waals surface area (Å²) in [5.41, 5.74) is 2.76. The highest BCUT2D eigenvalue weighted by Gasteiger charge is 2.30. The average Bonchev–Trinajstić information content (AvgIpc) is 2.94. The van der Waals surface area contributed by atoms with Crippen molar-refractivity contribution in [3.63, 3.8) is 0 Å². The predicted molar refractivity (Wildman–Crippen MR) is 91.6 cm³/mol. The molecule has 0 radical (unpaired) electrons. The first-order chi connectivity index (χ1) is 10.2. The molecule has 1 fully saturated rings. The summed E-state index contributed by atoms with van der Waals surface area (Å²) in [7, 11) is 0. The molecule has 0 saturated carbocycles. The lowest BCUT2D eigenvalue weighted by atomic mass is 9.98. The number of nitrogens with one attached hydrogen (secondary N) is 1. The van der Waals surface area contributed by atoms with Crippen LogP contribution in [-0.4, -0.2) is 30.6 Å². The summed E-state index contributed by atoms with van der Waals surface area (Å²) in [5.74, 6) is 0.915. The van der Waals surface area contributed by atoms with Gasteiger partial charge >= 0.3 is 0 Å². The van der Waals surface area contributed by atoms with Crippen molar-refractivity contribution in [3.05, 3.63) is 35.4 Å². The number of aryl methyl sites for hydroxylation is 1. The van der Waals surface area contributed by atoms with Crippen LogP contribution >= 0.6 is 0 Å². The van der Waals surface area contributed by atoms with Crippen molar-refractivity contribution >= 4 is 0 Å². The third-order valence-electron chi connectivity index (χ3n) is 4.93. The number of rotatable bonds is 7. The summed E-state index contributed by atoms with van der Waals surface area (Å²) in [6, 6.07) is 10.1. The van der Waals surface area contributed by atoms with Crippen LogP contribution in [0.25, 0.3) is 0 Å². The largest absolute Gasteiger partial charge is 0.309 e. The lowest BCUT2D eigenvalue weighted by Crippen LogP contribution is -2.42. The van der Waals surface area contributed by atoms with Gasteiger partial charge in [0.05, 0.1) is 0 Å². The van der Waals surface area contributed by atoms with E-state index in [-0.39, 0.29) is 0 Å². The monoisotopic (exact) mass is 288 g/mol. The van der Waals surface area contributed by atoms with Crippen molar-refractivity contribution < 1.29 is 0 Å². The van der Waals surface area contributed by atoms with Gasteiger partial charge in [-0.25, -0.2) is 0 Å². The minimum Gasteiger partial charge on any atom is -0.309 e. The van der Waals surface area contributed by atoms with E-state index in [0.29, 0.717) is 12.1 Å². The topological polar surface area (TPSA) is 15.3 Å². The zero-order valence-corrected chi connectivity index (χ0v) is 14.2. The van der Waals surface area contributed by atoms with Gasteiger partial charge in [-0.2, -0.15) is 0 Å². The highest BCUT2D eigenvalue weighted by molar-refractivity contribution is 5.25. The molecule has 1 aliphatic rings. The molecule has 0 amide bonds. The fraction of sp³-hybridized carbons (Fsp3) is 0.684. The molecule has 118 valence electrons. The lowest BCUT2D eigenvalue weighted by molar-refractivity contribution is 0.200. The molecule has 3 atom stereocenters. The molecule has 2 rings (SSSR count). The average molecular weight is 288 g/mol. The molecule has 3 unspecified atom stereocenters. The van der Waals surface area contributed by atoms with Gasteiger partial charge in [-0.15, -0.1) is 0 Å². The summed E-state index contributed by atoms with van der Waals surface area (Å²) in [6.07, 6.45) is 4.09. The first-order valence-corrected chi connectivity index (χ1v) is 8.69. The molecule has 21 heavy (non-hydrogen) atoms. The van der Waals surface area contributed by atoms with E-state index in [0.717, 1.165) is 12.5 Å². The van der Waals surface area contributed by atoms with Gasteiger partial charge < -0.3 is 5.32 Å². The Morgan fingerprint density at radius 3 is 2.57 bits per heavy atom. The van der Waals surface area contributed by atoms with Crippen molar-refractivity contribution in [2.24, 2.45) is 5.92 Å². The summed E-state index contributed by atoms with van der Waals surface area (Å²) in [5, 5.41) is 3.70. The summed E-state index contributed by atoms with van der Waals surface area (Å²) < 4.78 is 0. The molecule has 0 spiro atoms. The number of nitrogens with zero attached hydrogens (tertiary/aromatic N) is 1. The van der Waals surface area contributed by atoms with Crippen LogP contribution in [0.2, 0.25) is 0 Å². The van der Waals surface area contributed by atoms with Gasteiger partial charge in [-0.1, -0.05) is 50.1 Å². The Morgan fingerprint density at radius 2 is 1.95 bits per heavy atom. The third-order valence-corrected chi connectivity index (χ3v) is 4.93. The smallest absolute Gasteiger partial charge is 0.0475 e. The summed E-state index contributed by atoms with van der Waals surface area (Å²) in [4.78, 5) is 2.69. The SMILES string of the molecule is CCCC1CCN(C(C)C(NCC)c2ccc(C)cc2)C1. The Bertz CT molecular complexity index is 412. The third kappa shape index (κ3) is 4.31. The molecule has 1 N–H and O–H groups in total. The molecular formula is C19H32N2. The van der Waals surface area contributed by atoms with E-state index in [9.17, 15) is 0 Å². The second kappa shape index (κ2) is 7.95. The van der Waals surface area contributed by atoms with E-state index in [1.807, 2.05) is 0 Å². The molecule has 1 heterocycles. The maximum atomic E-state index is 3.70. The van der Waals surface area contributed by atoms with Crippen molar-refractivity contribution in [2.75, 3.05) is 19.6 Å². The van der Waals surface area contributed by atoms with Gasteiger partial charge in [0.15, 0.2) is 0 Å². The minimum absolute atomic E-state index is 0.441. The predicted octanol–water partition coefficient (Wildman–Crippen LogP) is 4.16. The molecule has 1 aliphatic heterocycles. The Hall–Kier alpha value is -0.860. The molecule has 0 aromatic heterocycles. The Labute approximate surface area is 130 Å². The van der Waals surface area contributed by atoms with Crippen molar-refractivity contribution in [2.45, 2.75) is 59.0 Å². The van der Waals surface area contributed by atoms with Crippen LogP contribution in [-0.2, 0) is 0 Å². The summed E-state index contributed by atoms with van der Waals surface area (Å²) in [6.45, 7) is 12.6. The van der Waals surface area contributed by atoms with E-state index >= 15 is 0 Å². The summed E-state index contributed by atoms with van der Waals surface area (Å²) >= 11 is 0. The van der Waals surface area contributed by atoms with Crippen LogP contribution in [0.1, 0.15) is 57.2 Å². The number of likely N-dealkylation sites (tertiary alicyclic amines) is 1. The molecule has 0 aliphatic carbocycles. The van der Waals surface area contributed by atoms with Crippen LogP contribution in [0, 0.1) is 12.8 Å². The number of hydrogen-bond acceptors (Lipinski definition) is 2. The van der Waals surface area contributed by atoms with Crippen LogP contribution in [0.3, 0.4) is 0 Å². The molecule has 1 saturated heterocycles. The second-order valence-electron chi connectivity index (χ2n) is 6.62. The van der Waals surface area contributed by atoms with Crippen molar-refractivity contribution in [1.82, 2.24) is 10.2 Å². The van der Waals surface area contributed by atoms with Crippen molar-refractivity contribution in [1.29, 1.82) is 0 Å². The van der Waals surface area contributed by atoms with E-state index in [1.165, 1.54) is 43.5 Å². The normalized spacial score (nSPS) is 22.4. The molecule has 2 nitrogen and oxygen atoms in total. The molecule has 0 bridgehead atoms. The maximum Gasteiger partial charge on any atom is 0.0475 e. The fourth-order valence-corrected chi connectivity index (χ4v) is 3.65. The first-order valence-electron chi connectivity index (χ1n) is 8.69. The lowest BCUT2D eigenvalue weighted by Gasteiger charge is -2.33. The molecule has 2 heteroatoms. The van der Waals surface area contributed by atoms with Gasteiger partial charge in [-0.05, 0) is 51.3 Å². The number of hydrogen-bond donors (Lipinski definition) is 1. The van der Waals surface area contributed by atoms with Crippen molar-refractivity contribution in [3.8, 4) is 0 Å². The maximum absolute atomic E-state index is 3.70. The van der Waals surface area contributed by atoms with E-state index in [1.54, 1.807) is 0 Å². The van der Waals surface area contributed by atoms with Gasteiger partial charge in [0.25, 0.3) is 0 Å². The first kappa shape index (κ1) is 16.5. The van der Waals surface area contributed by atoms with Gasteiger partial charge in [-0.3, -0.25) is 4.90 Å². The van der Waals surface area contributed by atoms with Gasteiger partial charge in [0.1, 0.15) is 0 Å². The minimum atomic E-state index is 0.441. The van der Waals surface area contributed by atoms with Gasteiger partial charge in [0.2, 0.25) is 0 Å². The number of benzene rings is 1.